The van der Waals surface area contributed by atoms with Gasteiger partial charge in [0.15, 0.2) is 0 Å². The van der Waals surface area contributed by atoms with Crippen molar-refractivity contribution in [1.29, 1.82) is 0 Å². The first-order valence-corrected chi connectivity index (χ1v) is 12.5. The molecule has 1 fully saturated rings. The van der Waals surface area contributed by atoms with Crippen molar-refractivity contribution in [3.63, 3.8) is 0 Å². The number of aliphatic hydroxyl groups excluding tert-OH is 1. The van der Waals surface area contributed by atoms with E-state index in [9.17, 15) is 9.59 Å². The Morgan fingerprint density at radius 2 is 1.95 bits per heavy atom. The number of benzene rings is 1. The summed E-state index contributed by atoms with van der Waals surface area (Å²) in [7, 11) is 1.60. The number of rotatable bonds is 10. The number of aliphatic hydroxyl groups is 1. The van der Waals surface area contributed by atoms with Crippen LogP contribution < -0.4 is 15.4 Å². The van der Waals surface area contributed by atoms with Crippen molar-refractivity contribution in [3.8, 4) is 17.1 Å². The Morgan fingerprint density at radius 1 is 1.14 bits per heavy atom. The molecule has 196 valence electrons. The maximum absolute atomic E-state index is 12.8. The first kappa shape index (κ1) is 26.2. The number of tetrazole rings is 1. The summed E-state index contributed by atoms with van der Waals surface area (Å²) in [6.45, 7) is 3.04. The van der Waals surface area contributed by atoms with Gasteiger partial charge in [0.2, 0.25) is 11.7 Å². The van der Waals surface area contributed by atoms with Gasteiger partial charge in [0.1, 0.15) is 11.4 Å². The first-order valence-electron chi connectivity index (χ1n) is 12.5. The van der Waals surface area contributed by atoms with E-state index in [0.29, 0.717) is 42.6 Å². The lowest BCUT2D eigenvalue weighted by Gasteiger charge is -2.27. The van der Waals surface area contributed by atoms with Crippen molar-refractivity contribution in [1.82, 2.24) is 35.8 Å². The Morgan fingerprint density at radius 3 is 2.70 bits per heavy atom. The normalized spacial score (nSPS) is 17.3. The lowest BCUT2D eigenvalue weighted by Crippen LogP contribution is -2.35. The van der Waals surface area contributed by atoms with Crippen LogP contribution in [0, 0.1) is 18.8 Å². The van der Waals surface area contributed by atoms with Crippen molar-refractivity contribution >= 4 is 11.8 Å². The molecule has 1 aliphatic carbocycles. The fraction of sp³-hybridized carbons (Fsp3) is 0.462. The molecule has 11 heteroatoms. The molecule has 37 heavy (non-hydrogen) atoms. The van der Waals surface area contributed by atoms with Gasteiger partial charge in [-0.15, -0.1) is 10.2 Å². The molecule has 11 nitrogen and oxygen atoms in total. The molecule has 2 aromatic heterocycles. The highest BCUT2D eigenvalue weighted by molar-refractivity contribution is 5.93. The average Bonchev–Trinajstić information content (AvgIpc) is 3.39. The highest BCUT2D eigenvalue weighted by Crippen LogP contribution is 2.30. The van der Waals surface area contributed by atoms with Crippen molar-refractivity contribution in [3.05, 3.63) is 53.3 Å². The monoisotopic (exact) mass is 507 g/mol. The van der Waals surface area contributed by atoms with E-state index in [4.69, 9.17) is 9.84 Å². The van der Waals surface area contributed by atoms with Crippen LogP contribution in [0.2, 0.25) is 0 Å². The molecule has 1 aromatic carbocycles. The van der Waals surface area contributed by atoms with E-state index in [1.54, 1.807) is 18.0 Å². The Hall–Kier alpha value is -3.86. The van der Waals surface area contributed by atoms with Crippen LogP contribution in [0.4, 0.5) is 0 Å². The first-order chi connectivity index (χ1) is 17.9. The summed E-state index contributed by atoms with van der Waals surface area (Å²) in [6, 6.07) is 11.0. The summed E-state index contributed by atoms with van der Waals surface area (Å²) in [5.74, 6) is 1.25. The van der Waals surface area contributed by atoms with Gasteiger partial charge in [-0.1, -0.05) is 12.1 Å². The fourth-order valence-electron chi connectivity index (χ4n) is 4.57. The Kier molecular flexibility index (Phi) is 8.78. The maximum atomic E-state index is 12.8. The maximum Gasteiger partial charge on any atom is 0.270 e. The molecular weight excluding hydrogens is 474 g/mol. The van der Waals surface area contributed by atoms with Gasteiger partial charge in [0, 0.05) is 30.3 Å². The molecular formula is C26H33N7O4. The molecule has 0 radical (unpaired) electrons. The number of amides is 2. The Bertz CT molecular complexity index is 1220. The topological polar surface area (TPSA) is 144 Å². The molecule has 3 N–H and O–H groups in total. The number of aryl methyl sites for hydroxylation is 1. The average molecular weight is 508 g/mol. The van der Waals surface area contributed by atoms with E-state index in [1.807, 2.05) is 37.3 Å². The van der Waals surface area contributed by atoms with Crippen LogP contribution in [0.5, 0.6) is 5.75 Å². The number of hydrogen-bond acceptors (Lipinski definition) is 8. The summed E-state index contributed by atoms with van der Waals surface area (Å²) < 4.78 is 5.23. The van der Waals surface area contributed by atoms with Gasteiger partial charge in [0.05, 0.1) is 20.3 Å². The SMILES string of the molecule is COc1cccc(CNC(=O)c2cc(-c3nnn(CC4CCC(C(=O)NCCO)CC4)n3)cc(C)n2)c1. The molecule has 4 rings (SSSR count). The van der Waals surface area contributed by atoms with Gasteiger partial charge in [-0.3, -0.25) is 9.59 Å². The van der Waals surface area contributed by atoms with Crippen LogP contribution in [0.25, 0.3) is 11.4 Å². The third kappa shape index (κ3) is 7.10. The molecule has 1 aliphatic rings. The van der Waals surface area contributed by atoms with Crippen LogP contribution in [-0.2, 0) is 17.9 Å². The van der Waals surface area contributed by atoms with E-state index in [-0.39, 0.29) is 30.0 Å². The van der Waals surface area contributed by atoms with E-state index in [0.717, 1.165) is 37.0 Å². The summed E-state index contributed by atoms with van der Waals surface area (Å²) in [4.78, 5) is 30.9. The summed E-state index contributed by atoms with van der Waals surface area (Å²) >= 11 is 0. The lowest BCUT2D eigenvalue weighted by atomic mass is 9.81. The van der Waals surface area contributed by atoms with Crippen molar-refractivity contribution in [2.75, 3.05) is 20.3 Å². The second-order valence-corrected chi connectivity index (χ2v) is 9.32. The van der Waals surface area contributed by atoms with Crippen molar-refractivity contribution < 1.29 is 19.4 Å². The minimum absolute atomic E-state index is 0.00431. The Balaban J connectivity index is 1.35. The molecule has 0 bridgehead atoms. The third-order valence-electron chi connectivity index (χ3n) is 6.53. The summed E-state index contributed by atoms with van der Waals surface area (Å²) in [5.41, 5.74) is 2.56. The predicted octanol–water partition coefficient (Wildman–Crippen LogP) is 1.90. The van der Waals surface area contributed by atoms with Crippen LogP contribution >= 0.6 is 0 Å². The number of hydrogen-bond donors (Lipinski definition) is 3. The minimum atomic E-state index is -0.292. The number of carbonyl (C=O) groups is 2. The van der Waals surface area contributed by atoms with Gasteiger partial charge >= 0.3 is 0 Å². The van der Waals surface area contributed by atoms with Gasteiger partial charge in [-0.05, 0) is 73.6 Å². The second kappa shape index (κ2) is 12.4. The quantitative estimate of drug-likeness (QED) is 0.377. The fourth-order valence-corrected chi connectivity index (χ4v) is 4.57. The number of aromatic nitrogens is 5. The van der Waals surface area contributed by atoms with Gasteiger partial charge in [-0.2, -0.15) is 4.80 Å². The van der Waals surface area contributed by atoms with Crippen molar-refractivity contribution in [2.45, 2.75) is 45.7 Å². The van der Waals surface area contributed by atoms with E-state index in [2.05, 4.69) is 31.0 Å². The van der Waals surface area contributed by atoms with Crippen LogP contribution in [0.3, 0.4) is 0 Å². The summed E-state index contributed by atoms with van der Waals surface area (Å²) in [6.07, 6.45) is 3.42. The molecule has 2 heterocycles. The molecule has 0 atom stereocenters. The molecule has 0 saturated heterocycles. The van der Waals surface area contributed by atoms with Crippen LogP contribution in [0.1, 0.15) is 47.4 Å². The van der Waals surface area contributed by atoms with E-state index >= 15 is 0 Å². The largest absolute Gasteiger partial charge is 0.497 e. The zero-order valence-corrected chi connectivity index (χ0v) is 21.2. The smallest absolute Gasteiger partial charge is 0.270 e. The van der Waals surface area contributed by atoms with Gasteiger partial charge in [0.25, 0.3) is 5.91 Å². The summed E-state index contributed by atoms with van der Waals surface area (Å²) in [5, 5.41) is 27.5. The third-order valence-corrected chi connectivity index (χ3v) is 6.53. The zero-order valence-electron chi connectivity index (χ0n) is 21.2. The second-order valence-electron chi connectivity index (χ2n) is 9.32. The minimum Gasteiger partial charge on any atom is -0.497 e. The molecule has 0 spiro atoms. The van der Waals surface area contributed by atoms with Crippen molar-refractivity contribution in [2.24, 2.45) is 11.8 Å². The Labute approximate surface area is 215 Å². The number of nitrogens with one attached hydrogen (secondary N) is 2. The molecule has 3 aromatic rings. The van der Waals surface area contributed by atoms with Crippen LogP contribution in [-0.4, -0.2) is 62.4 Å². The highest BCUT2D eigenvalue weighted by Gasteiger charge is 2.27. The molecule has 0 aliphatic heterocycles. The lowest BCUT2D eigenvalue weighted by molar-refractivity contribution is -0.126. The standard InChI is InChI=1S/C26H33N7O4/c1-17-12-21(14-23(29-17)26(36)28-15-19-4-3-5-22(13-19)37-2)24-30-32-33(31-24)16-18-6-8-20(9-7-18)25(35)27-10-11-34/h3-5,12-14,18,20,34H,6-11,15-16H2,1-2H3,(H,27,35)(H,28,36). The van der Waals surface area contributed by atoms with Gasteiger partial charge < -0.3 is 20.5 Å². The molecule has 0 unspecified atom stereocenters. The van der Waals surface area contributed by atoms with Gasteiger partial charge in [-0.25, -0.2) is 4.98 Å². The zero-order chi connectivity index (χ0) is 26.2. The highest BCUT2D eigenvalue weighted by atomic mass is 16.5. The molecule has 2 amide bonds. The number of pyridine rings is 1. The number of ether oxygens (including phenoxy) is 1. The number of nitrogens with zero attached hydrogens (tertiary/aromatic N) is 5. The van der Waals surface area contributed by atoms with E-state index in [1.165, 1.54) is 0 Å². The van der Waals surface area contributed by atoms with E-state index < -0.39 is 0 Å². The molecule has 1 saturated carbocycles. The number of carbonyl (C=O) groups excluding carboxylic acids is 2. The van der Waals surface area contributed by atoms with Crippen LogP contribution in [0.15, 0.2) is 36.4 Å². The number of methoxy groups -OCH3 is 1. The predicted molar refractivity (Wildman–Crippen MR) is 135 cm³/mol.